The minimum atomic E-state index is -0.395. The molecule has 0 bridgehead atoms. The first-order valence-electron chi connectivity index (χ1n) is 10.8. The van der Waals surface area contributed by atoms with E-state index < -0.39 is 5.97 Å². The molecular weight excluding hydrogens is 419 g/mol. The van der Waals surface area contributed by atoms with Crippen molar-refractivity contribution in [3.63, 3.8) is 0 Å². The molecule has 0 aromatic heterocycles. The molecule has 0 heterocycles. The van der Waals surface area contributed by atoms with E-state index >= 15 is 0 Å². The lowest BCUT2D eigenvalue weighted by atomic mass is 9.98. The summed E-state index contributed by atoms with van der Waals surface area (Å²) in [6.07, 6.45) is 2.57. The van der Waals surface area contributed by atoms with Crippen LogP contribution in [0, 0.1) is 5.82 Å². The summed E-state index contributed by atoms with van der Waals surface area (Å²) in [4.78, 5) is 22.4. The predicted molar refractivity (Wildman–Crippen MR) is 127 cm³/mol. The average Bonchev–Trinajstić information content (AvgIpc) is 2.79. The summed E-state index contributed by atoms with van der Waals surface area (Å²) in [5, 5.41) is 0. The van der Waals surface area contributed by atoms with Crippen LogP contribution >= 0.6 is 0 Å². The van der Waals surface area contributed by atoms with E-state index in [0.717, 1.165) is 30.4 Å². The van der Waals surface area contributed by atoms with Crippen LogP contribution in [0.25, 0.3) is 22.3 Å². The maximum Gasteiger partial charge on any atom is 0.333 e. The van der Waals surface area contributed by atoms with Gasteiger partial charge in [-0.25, -0.2) is 9.18 Å². The van der Waals surface area contributed by atoms with E-state index in [1.165, 1.54) is 18.6 Å². The first-order valence-corrected chi connectivity index (χ1v) is 10.8. The van der Waals surface area contributed by atoms with Crippen molar-refractivity contribution in [1.82, 2.24) is 0 Å². The zero-order valence-electron chi connectivity index (χ0n) is 18.9. The number of carbonyl (C=O) groups is 2. The van der Waals surface area contributed by atoms with E-state index in [9.17, 15) is 14.0 Å². The van der Waals surface area contributed by atoms with Crippen LogP contribution in [0.3, 0.4) is 0 Å². The Labute approximate surface area is 193 Å². The molecule has 0 aliphatic rings. The van der Waals surface area contributed by atoms with E-state index in [2.05, 4.69) is 6.58 Å². The summed E-state index contributed by atoms with van der Waals surface area (Å²) < 4.78 is 24.9. The maximum absolute atomic E-state index is 14.8. The van der Waals surface area contributed by atoms with Crippen molar-refractivity contribution in [2.24, 2.45) is 0 Å². The van der Waals surface area contributed by atoms with E-state index in [1.807, 2.05) is 30.3 Å². The lowest BCUT2D eigenvalue weighted by Gasteiger charge is -2.09. The third-order valence-electron chi connectivity index (χ3n) is 5.12. The topological polar surface area (TPSA) is 52.6 Å². The van der Waals surface area contributed by atoms with Gasteiger partial charge in [-0.1, -0.05) is 55.1 Å². The zero-order chi connectivity index (χ0) is 23.8. The molecule has 0 aliphatic heterocycles. The number of rotatable bonds is 9. The van der Waals surface area contributed by atoms with Crippen LogP contribution in [-0.4, -0.2) is 18.5 Å². The minimum Gasteiger partial charge on any atom is -0.462 e. The third kappa shape index (κ3) is 6.88. The Hall–Kier alpha value is -3.73. The highest BCUT2D eigenvalue weighted by molar-refractivity contribution is 5.86. The van der Waals surface area contributed by atoms with Crippen LogP contribution in [0.4, 0.5) is 4.39 Å². The first kappa shape index (κ1) is 23.9. The number of esters is 2. The summed E-state index contributed by atoms with van der Waals surface area (Å²) in [6, 6.07) is 20.0. The van der Waals surface area contributed by atoms with Gasteiger partial charge >= 0.3 is 11.9 Å². The van der Waals surface area contributed by atoms with E-state index in [1.54, 1.807) is 37.3 Å². The van der Waals surface area contributed by atoms with Gasteiger partial charge in [0.1, 0.15) is 11.6 Å². The Morgan fingerprint density at radius 1 is 0.848 bits per heavy atom. The van der Waals surface area contributed by atoms with E-state index in [4.69, 9.17) is 9.47 Å². The number of unbranched alkanes of at least 4 members (excludes halogenated alkanes) is 1. The highest BCUT2D eigenvalue weighted by Gasteiger charge is 2.09. The Morgan fingerprint density at radius 3 is 2.09 bits per heavy atom. The molecule has 4 nitrogen and oxygen atoms in total. The van der Waals surface area contributed by atoms with Gasteiger partial charge in [-0.2, -0.15) is 0 Å². The normalized spacial score (nSPS) is 10.5. The quantitative estimate of drug-likeness (QED) is 0.162. The van der Waals surface area contributed by atoms with Crippen LogP contribution in [-0.2, 0) is 20.7 Å². The molecule has 0 spiro atoms. The molecule has 3 aromatic carbocycles. The van der Waals surface area contributed by atoms with Crippen LogP contribution in [0.5, 0.6) is 5.75 Å². The Kier molecular flexibility index (Phi) is 8.14. The number of ether oxygens (including phenoxy) is 2. The maximum atomic E-state index is 14.8. The average molecular weight is 447 g/mol. The van der Waals surface area contributed by atoms with Gasteiger partial charge in [0.25, 0.3) is 0 Å². The monoisotopic (exact) mass is 446 g/mol. The second-order valence-corrected chi connectivity index (χ2v) is 7.88. The molecule has 0 amide bonds. The Morgan fingerprint density at radius 2 is 1.48 bits per heavy atom. The predicted octanol–water partition coefficient (Wildman–Crippen LogP) is 6.53. The van der Waals surface area contributed by atoms with Gasteiger partial charge in [0, 0.05) is 18.1 Å². The molecule has 170 valence electrons. The lowest BCUT2D eigenvalue weighted by molar-refractivity contribution is -0.139. The van der Waals surface area contributed by atoms with Gasteiger partial charge in [0.2, 0.25) is 0 Å². The first-order chi connectivity index (χ1) is 15.8. The fourth-order valence-electron chi connectivity index (χ4n) is 3.38. The summed E-state index contributed by atoms with van der Waals surface area (Å²) in [7, 11) is 0. The van der Waals surface area contributed by atoms with Crippen LogP contribution in [0.2, 0.25) is 0 Å². The molecule has 33 heavy (non-hydrogen) atoms. The van der Waals surface area contributed by atoms with E-state index in [0.29, 0.717) is 29.1 Å². The Bertz CT molecular complexity index is 1130. The summed E-state index contributed by atoms with van der Waals surface area (Å²) in [6.45, 7) is 6.92. The van der Waals surface area contributed by atoms with Crippen molar-refractivity contribution < 1.29 is 23.5 Å². The number of benzene rings is 3. The van der Waals surface area contributed by atoms with Crippen molar-refractivity contribution in [3.05, 3.63) is 90.3 Å². The second-order valence-electron chi connectivity index (χ2n) is 7.88. The molecule has 0 N–H and O–H groups in total. The number of aryl methyl sites for hydroxylation is 1. The highest BCUT2D eigenvalue weighted by atomic mass is 19.1. The number of hydrogen-bond acceptors (Lipinski definition) is 4. The molecule has 0 atom stereocenters. The van der Waals surface area contributed by atoms with Crippen molar-refractivity contribution in [3.8, 4) is 28.0 Å². The number of halogens is 1. The van der Waals surface area contributed by atoms with Crippen molar-refractivity contribution >= 4 is 11.9 Å². The number of hydrogen-bond donors (Lipinski definition) is 0. The zero-order valence-corrected chi connectivity index (χ0v) is 18.9. The fraction of sp³-hybridized carbons (Fsp3) is 0.214. The summed E-state index contributed by atoms with van der Waals surface area (Å²) >= 11 is 0. The van der Waals surface area contributed by atoms with Crippen molar-refractivity contribution in [2.45, 2.75) is 33.1 Å². The van der Waals surface area contributed by atoms with Gasteiger partial charge in [-0.3, -0.25) is 4.79 Å². The Balaban J connectivity index is 1.59. The highest BCUT2D eigenvalue weighted by Crippen LogP contribution is 2.29. The molecule has 3 aromatic rings. The number of carbonyl (C=O) groups excluding carboxylic acids is 2. The van der Waals surface area contributed by atoms with Gasteiger partial charge in [0.15, 0.2) is 0 Å². The van der Waals surface area contributed by atoms with Crippen LogP contribution in [0.1, 0.15) is 32.3 Å². The minimum absolute atomic E-state index is 0.318. The summed E-state index contributed by atoms with van der Waals surface area (Å²) in [5.74, 6) is -0.637. The smallest absolute Gasteiger partial charge is 0.333 e. The third-order valence-corrected chi connectivity index (χ3v) is 5.12. The SMILES string of the molecule is C=C(C)C(=O)OCCCCc1ccc(-c2ccc(-c3ccc(OC(C)=O)cc3)c(F)c2)cc1. The molecule has 0 fully saturated rings. The van der Waals surface area contributed by atoms with Crippen molar-refractivity contribution in [1.29, 1.82) is 0 Å². The second kappa shape index (κ2) is 11.2. The molecule has 0 aliphatic carbocycles. The molecule has 0 saturated carbocycles. The largest absolute Gasteiger partial charge is 0.462 e. The standard InChI is InChI=1S/C28H27FO4/c1-19(2)28(31)32-17-5-4-6-21-7-9-22(10-8-21)24-13-16-26(27(29)18-24)23-11-14-25(15-12-23)33-20(3)30/h7-16,18H,1,4-6,17H2,2-3H3. The molecule has 0 unspecified atom stereocenters. The molecular formula is C28H27FO4. The van der Waals surface area contributed by atoms with Crippen molar-refractivity contribution in [2.75, 3.05) is 6.61 Å². The van der Waals surface area contributed by atoms with Gasteiger partial charge < -0.3 is 9.47 Å². The van der Waals surface area contributed by atoms with Gasteiger partial charge in [0.05, 0.1) is 6.61 Å². The molecule has 5 heteroatoms. The lowest BCUT2D eigenvalue weighted by Crippen LogP contribution is -2.06. The fourth-order valence-corrected chi connectivity index (χ4v) is 3.38. The molecule has 3 rings (SSSR count). The summed E-state index contributed by atoms with van der Waals surface area (Å²) in [5.41, 5.74) is 4.51. The molecule has 0 saturated heterocycles. The molecule has 0 radical (unpaired) electrons. The van der Waals surface area contributed by atoms with Crippen LogP contribution < -0.4 is 4.74 Å². The van der Waals surface area contributed by atoms with E-state index in [-0.39, 0.29) is 11.8 Å². The van der Waals surface area contributed by atoms with Gasteiger partial charge in [-0.15, -0.1) is 0 Å². The van der Waals surface area contributed by atoms with Gasteiger partial charge in [-0.05, 0) is 66.6 Å². The van der Waals surface area contributed by atoms with Crippen LogP contribution in [0.15, 0.2) is 78.9 Å².